The number of hydrogen-bond acceptors (Lipinski definition) is 4. The van der Waals surface area contributed by atoms with Crippen LogP contribution in [0.5, 0.6) is 0 Å². The van der Waals surface area contributed by atoms with Gasteiger partial charge in [-0.2, -0.15) is 18.3 Å². The first-order valence-electron chi connectivity index (χ1n) is 5.19. The van der Waals surface area contributed by atoms with E-state index in [1.807, 2.05) is 0 Å². The lowest BCUT2D eigenvalue weighted by atomic mass is 10.2. The second kappa shape index (κ2) is 3.24. The molecule has 2 aromatic heterocycles. The molecule has 96 valence electrons. The number of nitrogens with one attached hydrogen (secondary N) is 2. The van der Waals surface area contributed by atoms with Crippen molar-refractivity contribution in [3.63, 3.8) is 0 Å². The third kappa shape index (κ3) is 1.54. The standard InChI is InChI=1S/C9H8F3N5O/c10-9(11,12)8(1-2-8)14-5-3-6-15-16-7(18)17(6)4-13-5/h3-4,14H,1-2H2,(H,16,18). The Bertz CT molecular complexity index is 654. The van der Waals surface area contributed by atoms with Crippen molar-refractivity contribution >= 4 is 11.5 Å². The number of H-pyrrole nitrogens is 1. The van der Waals surface area contributed by atoms with Crippen molar-refractivity contribution < 1.29 is 13.2 Å². The van der Waals surface area contributed by atoms with Crippen molar-refractivity contribution in [2.75, 3.05) is 5.32 Å². The number of aromatic nitrogens is 4. The Morgan fingerprint density at radius 1 is 1.44 bits per heavy atom. The molecule has 1 aliphatic rings. The quantitative estimate of drug-likeness (QED) is 0.841. The number of anilines is 1. The van der Waals surface area contributed by atoms with Gasteiger partial charge in [-0.05, 0) is 12.8 Å². The van der Waals surface area contributed by atoms with E-state index >= 15 is 0 Å². The zero-order chi connectivity index (χ0) is 13.0. The minimum atomic E-state index is -4.31. The molecule has 0 aliphatic heterocycles. The lowest BCUT2D eigenvalue weighted by Crippen LogP contribution is -2.38. The Morgan fingerprint density at radius 3 is 2.78 bits per heavy atom. The number of nitrogens with zero attached hydrogens (tertiary/aromatic N) is 3. The molecule has 0 aromatic carbocycles. The summed E-state index contributed by atoms with van der Waals surface area (Å²) < 4.78 is 39.3. The molecular weight excluding hydrogens is 251 g/mol. The first-order valence-corrected chi connectivity index (χ1v) is 5.19. The summed E-state index contributed by atoms with van der Waals surface area (Å²) in [6.45, 7) is 0. The molecule has 2 N–H and O–H groups in total. The number of rotatable bonds is 2. The molecule has 0 saturated heterocycles. The van der Waals surface area contributed by atoms with Gasteiger partial charge >= 0.3 is 11.9 Å². The lowest BCUT2D eigenvalue weighted by molar-refractivity contribution is -0.151. The normalized spacial score (nSPS) is 17.9. The molecule has 0 unspecified atom stereocenters. The summed E-state index contributed by atoms with van der Waals surface area (Å²) in [5.74, 6) is 0.0522. The van der Waals surface area contributed by atoms with E-state index in [4.69, 9.17) is 0 Å². The maximum absolute atomic E-state index is 12.7. The van der Waals surface area contributed by atoms with E-state index in [1.54, 1.807) is 0 Å². The Kier molecular flexibility index (Phi) is 1.99. The highest BCUT2D eigenvalue weighted by Gasteiger charge is 2.63. The molecule has 0 bridgehead atoms. The zero-order valence-electron chi connectivity index (χ0n) is 8.95. The largest absolute Gasteiger partial charge is 0.411 e. The molecule has 18 heavy (non-hydrogen) atoms. The predicted octanol–water partition coefficient (Wildman–Crippen LogP) is 0.924. The van der Waals surface area contributed by atoms with E-state index in [2.05, 4.69) is 20.5 Å². The maximum atomic E-state index is 12.7. The Balaban J connectivity index is 1.94. The first-order chi connectivity index (χ1) is 8.41. The van der Waals surface area contributed by atoms with Crippen molar-refractivity contribution in [1.29, 1.82) is 0 Å². The molecule has 2 aromatic rings. The number of alkyl halides is 3. The number of fused-ring (bicyclic) bond motifs is 1. The zero-order valence-corrected chi connectivity index (χ0v) is 8.95. The molecule has 9 heteroatoms. The van der Waals surface area contributed by atoms with Crippen LogP contribution in [-0.2, 0) is 0 Å². The average Bonchev–Trinajstić information content (AvgIpc) is 2.98. The van der Waals surface area contributed by atoms with Gasteiger partial charge in [0.05, 0.1) is 0 Å². The van der Waals surface area contributed by atoms with E-state index in [0.29, 0.717) is 0 Å². The number of halogens is 3. The van der Waals surface area contributed by atoms with E-state index in [1.165, 1.54) is 6.07 Å². The summed E-state index contributed by atoms with van der Waals surface area (Å²) in [5.41, 5.74) is -2.15. The minimum Gasteiger partial charge on any atom is -0.356 e. The van der Waals surface area contributed by atoms with Gasteiger partial charge in [-0.15, -0.1) is 0 Å². The van der Waals surface area contributed by atoms with Crippen LogP contribution in [0.3, 0.4) is 0 Å². The molecule has 1 aliphatic carbocycles. The highest BCUT2D eigenvalue weighted by atomic mass is 19.4. The van der Waals surface area contributed by atoms with Crippen LogP contribution in [0.25, 0.3) is 5.65 Å². The van der Waals surface area contributed by atoms with Crippen molar-refractivity contribution in [2.24, 2.45) is 0 Å². The lowest BCUT2D eigenvalue weighted by Gasteiger charge is -2.20. The molecule has 6 nitrogen and oxygen atoms in total. The van der Waals surface area contributed by atoms with E-state index in [9.17, 15) is 18.0 Å². The summed E-state index contributed by atoms with van der Waals surface area (Å²) in [5, 5.41) is 8.20. The topological polar surface area (TPSA) is 75.1 Å². The van der Waals surface area contributed by atoms with Gasteiger partial charge in [0, 0.05) is 6.07 Å². The van der Waals surface area contributed by atoms with E-state index < -0.39 is 17.4 Å². The highest BCUT2D eigenvalue weighted by molar-refractivity contribution is 5.51. The number of hydrogen-bond donors (Lipinski definition) is 2. The smallest absolute Gasteiger partial charge is 0.356 e. The SMILES string of the molecule is O=c1[nH]nc2cc(NC3(C(F)(F)F)CC3)ncn12. The van der Waals surface area contributed by atoms with Crippen LogP contribution in [0.2, 0.25) is 0 Å². The fourth-order valence-corrected chi connectivity index (χ4v) is 1.73. The molecule has 1 saturated carbocycles. The van der Waals surface area contributed by atoms with Crippen molar-refractivity contribution in [3.05, 3.63) is 22.9 Å². The van der Waals surface area contributed by atoms with Crippen LogP contribution in [-0.4, -0.2) is 31.3 Å². The van der Waals surface area contributed by atoms with Gasteiger partial charge in [-0.3, -0.25) is 0 Å². The molecule has 0 amide bonds. The van der Waals surface area contributed by atoms with Gasteiger partial charge in [0.15, 0.2) is 5.65 Å². The van der Waals surface area contributed by atoms with Crippen LogP contribution in [0.15, 0.2) is 17.2 Å². The Morgan fingerprint density at radius 2 is 2.17 bits per heavy atom. The van der Waals surface area contributed by atoms with Crippen LogP contribution in [0.1, 0.15) is 12.8 Å². The van der Waals surface area contributed by atoms with Crippen molar-refractivity contribution in [2.45, 2.75) is 24.6 Å². The van der Waals surface area contributed by atoms with Gasteiger partial charge in [0.2, 0.25) is 0 Å². The summed E-state index contributed by atoms with van der Waals surface area (Å²) in [4.78, 5) is 14.9. The molecule has 0 atom stereocenters. The molecule has 0 spiro atoms. The second-order valence-electron chi connectivity index (χ2n) is 4.24. The Hall–Kier alpha value is -2.06. The van der Waals surface area contributed by atoms with Crippen LogP contribution in [0.4, 0.5) is 19.0 Å². The first kappa shape index (κ1) is 11.1. The summed E-state index contributed by atoms with van der Waals surface area (Å²) >= 11 is 0. The monoisotopic (exact) mass is 259 g/mol. The number of aromatic amines is 1. The summed E-state index contributed by atoms with van der Waals surface area (Å²) in [6.07, 6.45) is -3.13. The molecular formula is C9H8F3N5O. The molecule has 2 heterocycles. The van der Waals surface area contributed by atoms with Gasteiger partial charge in [0.25, 0.3) is 0 Å². The summed E-state index contributed by atoms with van der Waals surface area (Å²) in [6, 6.07) is 1.30. The van der Waals surface area contributed by atoms with Crippen molar-refractivity contribution in [1.82, 2.24) is 19.6 Å². The summed E-state index contributed by atoms with van der Waals surface area (Å²) in [7, 11) is 0. The average molecular weight is 259 g/mol. The second-order valence-corrected chi connectivity index (χ2v) is 4.24. The third-order valence-corrected chi connectivity index (χ3v) is 2.97. The fourth-order valence-electron chi connectivity index (χ4n) is 1.73. The maximum Gasteiger partial charge on any atom is 0.411 e. The van der Waals surface area contributed by atoms with Crippen LogP contribution >= 0.6 is 0 Å². The van der Waals surface area contributed by atoms with Gasteiger partial charge in [-0.1, -0.05) is 0 Å². The van der Waals surface area contributed by atoms with Gasteiger partial charge in [0.1, 0.15) is 17.7 Å². The van der Waals surface area contributed by atoms with Gasteiger partial charge < -0.3 is 5.32 Å². The minimum absolute atomic E-state index is 0.0245. The highest BCUT2D eigenvalue weighted by Crippen LogP contribution is 2.50. The van der Waals surface area contributed by atoms with Crippen LogP contribution < -0.4 is 11.0 Å². The fraction of sp³-hybridized carbons (Fsp3) is 0.444. The van der Waals surface area contributed by atoms with E-state index in [-0.39, 0.29) is 24.3 Å². The predicted molar refractivity (Wildman–Crippen MR) is 55.3 cm³/mol. The van der Waals surface area contributed by atoms with Gasteiger partial charge in [-0.25, -0.2) is 19.3 Å². The van der Waals surface area contributed by atoms with Crippen LogP contribution in [0, 0.1) is 0 Å². The Labute approximate surface area is 97.8 Å². The molecule has 3 rings (SSSR count). The molecule has 0 radical (unpaired) electrons. The molecule has 1 fully saturated rings. The van der Waals surface area contributed by atoms with E-state index in [0.717, 1.165) is 10.7 Å². The third-order valence-electron chi connectivity index (χ3n) is 2.97. The van der Waals surface area contributed by atoms with Crippen molar-refractivity contribution in [3.8, 4) is 0 Å².